The first-order valence-corrected chi connectivity index (χ1v) is 10.8. The molecule has 8 nitrogen and oxygen atoms in total. The van der Waals surface area contributed by atoms with E-state index in [0.29, 0.717) is 27.8 Å². The van der Waals surface area contributed by atoms with Crippen molar-refractivity contribution in [3.63, 3.8) is 0 Å². The van der Waals surface area contributed by atoms with Crippen molar-refractivity contribution in [3.8, 4) is 11.3 Å². The van der Waals surface area contributed by atoms with Crippen LogP contribution in [0.4, 0.5) is 5.95 Å². The van der Waals surface area contributed by atoms with Crippen LogP contribution in [0.3, 0.4) is 0 Å². The van der Waals surface area contributed by atoms with Crippen LogP contribution in [-0.4, -0.2) is 35.3 Å². The monoisotopic (exact) mass is 477 g/mol. The van der Waals surface area contributed by atoms with Crippen LogP contribution in [0.25, 0.3) is 16.9 Å². The van der Waals surface area contributed by atoms with Crippen molar-refractivity contribution in [2.75, 3.05) is 5.32 Å². The van der Waals surface area contributed by atoms with Gasteiger partial charge in [-0.1, -0.05) is 59.1 Å². The molecule has 0 fully saturated rings. The quantitative estimate of drug-likeness (QED) is 0.388. The summed E-state index contributed by atoms with van der Waals surface area (Å²) in [4.78, 5) is 21.4. The lowest BCUT2D eigenvalue weighted by atomic mass is 10.1. The van der Waals surface area contributed by atoms with E-state index in [4.69, 9.17) is 23.2 Å². The summed E-state index contributed by atoms with van der Waals surface area (Å²) in [6.07, 6.45) is 4.66. The number of aromatic nitrogens is 6. The number of amides is 1. The predicted octanol–water partition coefficient (Wildman–Crippen LogP) is 4.90. The molecule has 164 valence electrons. The fraction of sp³-hybridized carbons (Fsp3) is 0.0870. The minimum absolute atomic E-state index is 0.166. The maximum atomic E-state index is 12.9. The van der Waals surface area contributed by atoms with E-state index >= 15 is 0 Å². The van der Waals surface area contributed by atoms with Crippen LogP contribution in [0.1, 0.15) is 21.5 Å². The standard InChI is InChI=1S/C23H17Cl2N7O/c1-14-2-4-15(5-3-14)20-8-9-26-21-18(11-28-32(20)21)22(33)29-23-27-13-31(30-23)12-16-6-7-17(24)10-19(16)25/h2-11,13H,12H2,1H3,(H,29,30,33). The van der Waals surface area contributed by atoms with Gasteiger partial charge in [0.2, 0.25) is 5.95 Å². The Bertz CT molecular complexity index is 1470. The van der Waals surface area contributed by atoms with Crippen LogP contribution >= 0.6 is 23.2 Å². The highest BCUT2D eigenvalue weighted by Gasteiger charge is 2.18. The average molecular weight is 478 g/mol. The zero-order valence-electron chi connectivity index (χ0n) is 17.4. The number of carbonyl (C=O) groups is 1. The molecule has 5 rings (SSSR count). The zero-order valence-corrected chi connectivity index (χ0v) is 18.9. The SMILES string of the molecule is Cc1ccc(-c2ccnc3c(C(=O)Nc4ncn(Cc5ccc(Cl)cc5Cl)n4)cnn23)cc1. The molecule has 1 amide bonds. The van der Waals surface area contributed by atoms with Crippen LogP contribution in [-0.2, 0) is 6.54 Å². The Morgan fingerprint density at radius 3 is 2.67 bits per heavy atom. The second-order valence-corrected chi connectivity index (χ2v) is 8.29. The highest BCUT2D eigenvalue weighted by molar-refractivity contribution is 6.35. The first-order chi connectivity index (χ1) is 16.0. The van der Waals surface area contributed by atoms with E-state index in [1.54, 1.807) is 27.5 Å². The molecule has 1 N–H and O–H groups in total. The fourth-order valence-corrected chi connectivity index (χ4v) is 3.88. The molecule has 0 spiro atoms. The summed E-state index contributed by atoms with van der Waals surface area (Å²) < 4.78 is 3.22. The third-order valence-electron chi connectivity index (χ3n) is 5.10. The molecule has 0 saturated heterocycles. The number of nitrogens with one attached hydrogen (secondary N) is 1. The van der Waals surface area contributed by atoms with Gasteiger partial charge in [-0.25, -0.2) is 19.2 Å². The van der Waals surface area contributed by atoms with Gasteiger partial charge in [-0.2, -0.15) is 5.10 Å². The molecule has 5 aromatic rings. The number of fused-ring (bicyclic) bond motifs is 1. The highest BCUT2D eigenvalue weighted by atomic mass is 35.5. The smallest absolute Gasteiger partial charge is 0.263 e. The lowest BCUT2D eigenvalue weighted by Gasteiger charge is -2.05. The Kier molecular flexibility index (Phi) is 5.53. The first-order valence-electron chi connectivity index (χ1n) is 10.0. The van der Waals surface area contributed by atoms with Gasteiger partial charge in [-0.3, -0.25) is 10.1 Å². The predicted molar refractivity (Wildman–Crippen MR) is 127 cm³/mol. The molecule has 0 saturated carbocycles. The molecule has 0 atom stereocenters. The topological polar surface area (TPSA) is 90.0 Å². The Morgan fingerprint density at radius 1 is 1.06 bits per heavy atom. The maximum absolute atomic E-state index is 12.9. The molecule has 2 aromatic carbocycles. The number of rotatable bonds is 5. The number of anilines is 1. The van der Waals surface area contributed by atoms with Gasteiger partial charge in [0, 0.05) is 21.8 Å². The number of hydrogen-bond acceptors (Lipinski definition) is 5. The number of nitrogens with zero attached hydrogens (tertiary/aromatic N) is 6. The third kappa shape index (κ3) is 4.30. The summed E-state index contributed by atoms with van der Waals surface area (Å²) in [5.41, 5.74) is 4.57. The van der Waals surface area contributed by atoms with Gasteiger partial charge in [0.15, 0.2) is 5.65 Å². The number of benzene rings is 2. The van der Waals surface area contributed by atoms with Crippen LogP contribution in [0, 0.1) is 6.92 Å². The first kappa shape index (κ1) is 21.1. The molecular weight excluding hydrogens is 461 g/mol. The molecular formula is C23H17Cl2N7O. The van der Waals surface area contributed by atoms with Crippen molar-refractivity contribution in [2.45, 2.75) is 13.5 Å². The molecule has 0 unspecified atom stereocenters. The largest absolute Gasteiger partial charge is 0.289 e. The van der Waals surface area contributed by atoms with E-state index in [1.165, 1.54) is 12.5 Å². The van der Waals surface area contributed by atoms with E-state index in [-0.39, 0.29) is 5.95 Å². The second-order valence-electron chi connectivity index (χ2n) is 7.45. The normalized spacial score (nSPS) is 11.1. The van der Waals surface area contributed by atoms with Gasteiger partial charge < -0.3 is 0 Å². The number of halogens is 2. The van der Waals surface area contributed by atoms with Crippen molar-refractivity contribution in [3.05, 3.63) is 94.0 Å². The molecule has 3 aromatic heterocycles. The summed E-state index contributed by atoms with van der Waals surface area (Å²) in [6, 6.07) is 15.2. The molecule has 33 heavy (non-hydrogen) atoms. The van der Waals surface area contributed by atoms with E-state index in [2.05, 4.69) is 25.5 Å². The van der Waals surface area contributed by atoms with Crippen LogP contribution in [0.5, 0.6) is 0 Å². The molecule has 0 aliphatic carbocycles. The minimum Gasteiger partial charge on any atom is -0.289 e. The van der Waals surface area contributed by atoms with Gasteiger partial charge in [-0.05, 0) is 30.7 Å². The van der Waals surface area contributed by atoms with Gasteiger partial charge >= 0.3 is 0 Å². The van der Waals surface area contributed by atoms with Gasteiger partial charge in [0.1, 0.15) is 11.9 Å². The van der Waals surface area contributed by atoms with E-state index in [1.807, 2.05) is 43.3 Å². The maximum Gasteiger partial charge on any atom is 0.263 e. The van der Waals surface area contributed by atoms with Crippen LogP contribution < -0.4 is 5.32 Å². The van der Waals surface area contributed by atoms with Crippen molar-refractivity contribution in [2.24, 2.45) is 0 Å². The van der Waals surface area contributed by atoms with Gasteiger partial charge in [-0.15, -0.1) is 5.10 Å². The molecule has 0 aliphatic rings. The molecule has 0 bridgehead atoms. The molecule has 10 heteroatoms. The number of hydrogen-bond donors (Lipinski definition) is 1. The molecule has 3 heterocycles. The van der Waals surface area contributed by atoms with Crippen LogP contribution in [0.2, 0.25) is 10.0 Å². The van der Waals surface area contributed by atoms with Crippen molar-refractivity contribution >= 4 is 40.7 Å². The lowest BCUT2D eigenvalue weighted by Crippen LogP contribution is -2.14. The minimum atomic E-state index is -0.402. The van der Waals surface area contributed by atoms with Gasteiger partial charge in [0.25, 0.3) is 5.91 Å². The highest BCUT2D eigenvalue weighted by Crippen LogP contribution is 2.23. The Morgan fingerprint density at radius 2 is 1.88 bits per heavy atom. The van der Waals surface area contributed by atoms with Crippen molar-refractivity contribution in [1.29, 1.82) is 0 Å². The number of aryl methyl sites for hydroxylation is 1. The van der Waals surface area contributed by atoms with Crippen LogP contribution in [0.15, 0.2) is 67.3 Å². The van der Waals surface area contributed by atoms with E-state index < -0.39 is 5.91 Å². The van der Waals surface area contributed by atoms with Gasteiger partial charge in [0.05, 0.1) is 18.4 Å². The summed E-state index contributed by atoms with van der Waals surface area (Å²) in [6.45, 7) is 2.42. The zero-order chi connectivity index (χ0) is 22.9. The molecule has 0 radical (unpaired) electrons. The average Bonchev–Trinajstić information content (AvgIpc) is 3.43. The third-order valence-corrected chi connectivity index (χ3v) is 5.69. The van der Waals surface area contributed by atoms with E-state index in [9.17, 15) is 4.79 Å². The Labute approximate surface area is 198 Å². The Hall–Kier alpha value is -3.75. The second kappa shape index (κ2) is 8.65. The summed E-state index contributed by atoms with van der Waals surface area (Å²) in [5, 5.41) is 12.5. The lowest BCUT2D eigenvalue weighted by molar-refractivity contribution is 0.102. The summed E-state index contributed by atoms with van der Waals surface area (Å²) in [5.74, 6) is -0.236. The Balaban J connectivity index is 1.37. The molecule has 0 aliphatic heterocycles. The van der Waals surface area contributed by atoms with Crippen molar-refractivity contribution < 1.29 is 4.79 Å². The summed E-state index contributed by atoms with van der Waals surface area (Å²) >= 11 is 12.2. The fourth-order valence-electron chi connectivity index (χ4n) is 3.42. The van der Waals surface area contributed by atoms with Crippen molar-refractivity contribution in [1.82, 2.24) is 29.4 Å². The van der Waals surface area contributed by atoms with E-state index in [0.717, 1.165) is 22.4 Å². The summed E-state index contributed by atoms with van der Waals surface area (Å²) in [7, 11) is 0. The number of carbonyl (C=O) groups excluding carboxylic acids is 1.